The molecule has 0 saturated carbocycles. The molecule has 3 rings (SSSR count). The molecule has 0 aliphatic heterocycles. The molecule has 0 saturated heterocycles. The number of rotatable bonds is 6. The van der Waals surface area contributed by atoms with Gasteiger partial charge in [0.15, 0.2) is 5.13 Å². The molecule has 26 heavy (non-hydrogen) atoms. The number of ether oxygens (including phenoxy) is 1. The van der Waals surface area contributed by atoms with E-state index in [4.69, 9.17) is 4.74 Å². The normalized spacial score (nSPS) is 10.5. The second-order valence-electron chi connectivity index (χ2n) is 5.22. The summed E-state index contributed by atoms with van der Waals surface area (Å²) in [5.41, 5.74) is 1.00. The Balaban J connectivity index is 1.67. The van der Waals surface area contributed by atoms with Crippen LogP contribution in [0, 0.1) is 5.82 Å². The maximum absolute atomic E-state index is 13.9. The van der Waals surface area contributed by atoms with Gasteiger partial charge in [-0.15, -0.1) is 22.7 Å². The van der Waals surface area contributed by atoms with Crippen molar-refractivity contribution >= 4 is 39.7 Å². The molecule has 0 aliphatic carbocycles. The number of esters is 1. The summed E-state index contributed by atoms with van der Waals surface area (Å²) in [5.74, 6) is -1.01. The number of thiazole rings is 1. The molecule has 0 radical (unpaired) electrons. The number of hydrogen-bond acceptors (Lipinski definition) is 6. The summed E-state index contributed by atoms with van der Waals surface area (Å²) in [6, 6.07) is 9.79. The Labute approximate surface area is 157 Å². The van der Waals surface area contributed by atoms with E-state index in [0.29, 0.717) is 32.8 Å². The maximum atomic E-state index is 13.9. The quantitative estimate of drug-likeness (QED) is 0.635. The molecule has 0 bridgehead atoms. The van der Waals surface area contributed by atoms with Crippen LogP contribution in [-0.2, 0) is 16.0 Å². The number of anilines is 1. The first-order valence-electron chi connectivity index (χ1n) is 7.83. The lowest BCUT2D eigenvalue weighted by atomic mass is 10.2. The summed E-state index contributed by atoms with van der Waals surface area (Å²) in [6.45, 7) is 2.05. The summed E-state index contributed by atoms with van der Waals surface area (Å²) < 4.78 is 18.7. The van der Waals surface area contributed by atoms with E-state index < -0.39 is 0 Å². The van der Waals surface area contributed by atoms with Crippen LogP contribution in [0.3, 0.4) is 0 Å². The maximum Gasteiger partial charge on any atom is 0.311 e. The molecule has 0 fully saturated rings. The zero-order valence-electron chi connectivity index (χ0n) is 13.8. The number of nitrogens with zero attached hydrogens (tertiary/aromatic N) is 1. The van der Waals surface area contributed by atoms with Crippen molar-refractivity contribution in [3.8, 4) is 10.4 Å². The SMILES string of the molecule is CCOC(=O)Cc1csc(NC(=O)c2ccc(-c3ccccc3F)s2)n1. The topological polar surface area (TPSA) is 68.3 Å². The van der Waals surface area contributed by atoms with Crippen molar-refractivity contribution in [2.45, 2.75) is 13.3 Å². The van der Waals surface area contributed by atoms with E-state index in [9.17, 15) is 14.0 Å². The first-order valence-corrected chi connectivity index (χ1v) is 9.52. The van der Waals surface area contributed by atoms with Gasteiger partial charge in [-0.3, -0.25) is 14.9 Å². The van der Waals surface area contributed by atoms with E-state index in [1.165, 1.54) is 28.7 Å². The molecule has 8 heteroatoms. The second-order valence-corrected chi connectivity index (χ2v) is 7.17. The predicted octanol–water partition coefficient (Wildman–Crippen LogP) is 4.37. The Morgan fingerprint density at radius 2 is 2.04 bits per heavy atom. The van der Waals surface area contributed by atoms with Crippen LogP contribution in [-0.4, -0.2) is 23.5 Å². The molecular weight excluding hydrogens is 375 g/mol. The fourth-order valence-electron chi connectivity index (χ4n) is 2.23. The smallest absolute Gasteiger partial charge is 0.311 e. The van der Waals surface area contributed by atoms with E-state index in [1.807, 2.05) is 0 Å². The van der Waals surface area contributed by atoms with Gasteiger partial charge in [-0.05, 0) is 25.1 Å². The van der Waals surface area contributed by atoms with Gasteiger partial charge in [-0.2, -0.15) is 0 Å². The molecule has 0 atom stereocenters. The van der Waals surface area contributed by atoms with E-state index in [2.05, 4.69) is 10.3 Å². The van der Waals surface area contributed by atoms with Crippen molar-refractivity contribution in [2.75, 3.05) is 11.9 Å². The lowest BCUT2D eigenvalue weighted by Gasteiger charge is -2.00. The molecule has 0 aliphatic rings. The third kappa shape index (κ3) is 4.33. The number of thiophene rings is 1. The highest BCUT2D eigenvalue weighted by molar-refractivity contribution is 7.17. The number of halogens is 1. The average molecular weight is 390 g/mol. The van der Waals surface area contributed by atoms with Gasteiger partial charge >= 0.3 is 5.97 Å². The van der Waals surface area contributed by atoms with Gasteiger partial charge in [-0.25, -0.2) is 9.37 Å². The summed E-state index contributed by atoms with van der Waals surface area (Å²) in [7, 11) is 0. The molecular formula is C18H15FN2O3S2. The van der Waals surface area contributed by atoms with Crippen LogP contribution in [0.25, 0.3) is 10.4 Å². The van der Waals surface area contributed by atoms with Crippen molar-refractivity contribution < 1.29 is 18.7 Å². The van der Waals surface area contributed by atoms with Gasteiger partial charge in [-0.1, -0.05) is 18.2 Å². The predicted molar refractivity (Wildman–Crippen MR) is 100 cm³/mol. The van der Waals surface area contributed by atoms with Gasteiger partial charge in [0.05, 0.1) is 23.6 Å². The Kier molecular flexibility index (Phi) is 5.75. The van der Waals surface area contributed by atoms with Gasteiger partial charge < -0.3 is 4.74 Å². The second kappa shape index (κ2) is 8.20. The minimum atomic E-state index is -0.358. The van der Waals surface area contributed by atoms with Crippen molar-refractivity contribution in [3.05, 3.63) is 58.2 Å². The van der Waals surface area contributed by atoms with Gasteiger partial charge in [0.2, 0.25) is 0 Å². The summed E-state index contributed by atoms with van der Waals surface area (Å²) in [6.07, 6.45) is 0.0661. The molecule has 0 unspecified atom stereocenters. The molecule has 0 spiro atoms. The summed E-state index contributed by atoms with van der Waals surface area (Å²) in [4.78, 5) is 29.1. The van der Waals surface area contributed by atoms with Crippen molar-refractivity contribution in [1.29, 1.82) is 0 Å². The average Bonchev–Trinajstić information content (AvgIpc) is 3.25. The number of nitrogens with one attached hydrogen (secondary N) is 1. The Bertz CT molecular complexity index is 936. The van der Waals surface area contributed by atoms with Gasteiger partial charge in [0.25, 0.3) is 5.91 Å². The van der Waals surface area contributed by atoms with E-state index in [-0.39, 0.29) is 24.1 Å². The first-order chi connectivity index (χ1) is 12.6. The first kappa shape index (κ1) is 18.2. The highest BCUT2D eigenvalue weighted by Crippen LogP contribution is 2.30. The molecule has 2 aromatic heterocycles. The van der Waals surface area contributed by atoms with Gasteiger partial charge in [0.1, 0.15) is 5.82 Å². The van der Waals surface area contributed by atoms with Gasteiger partial charge in [0, 0.05) is 15.8 Å². The zero-order valence-corrected chi connectivity index (χ0v) is 15.5. The van der Waals surface area contributed by atoms with Crippen LogP contribution in [0.1, 0.15) is 22.3 Å². The van der Waals surface area contributed by atoms with Crippen molar-refractivity contribution in [1.82, 2.24) is 4.98 Å². The summed E-state index contributed by atoms with van der Waals surface area (Å²) in [5, 5.41) is 4.79. The number of carbonyl (C=O) groups excluding carboxylic acids is 2. The monoisotopic (exact) mass is 390 g/mol. The molecule has 3 aromatic rings. The number of aromatic nitrogens is 1. The van der Waals surface area contributed by atoms with Crippen LogP contribution in [0.2, 0.25) is 0 Å². The number of benzene rings is 1. The zero-order chi connectivity index (χ0) is 18.5. The van der Waals surface area contributed by atoms with E-state index in [0.717, 1.165) is 0 Å². The van der Waals surface area contributed by atoms with Crippen molar-refractivity contribution in [2.24, 2.45) is 0 Å². The molecule has 1 N–H and O–H groups in total. The Hall–Kier alpha value is -2.58. The minimum absolute atomic E-state index is 0.0661. The molecule has 1 amide bonds. The largest absolute Gasteiger partial charge is 0.466 e. The number of amides is 1. The molecule has 134 valence electrons. The van der Waals surface area contributed by atoms with Crippen LogP contribution in [0.4, 0.5) is 9.52 Å². The molecule has 5 nitrogen and oxygen atoms in total. The fourth-order valence-corrected chi connectivity index (χ4v) is 3.86. The van der Waals surface area contributed by atoms with Crippen LogP contribution in [0.5, 0.6) is 0 Å². The molecule has 2 heterocycles. The lowest BCUT2D eigenvalue weighted by Crippen LogP contribution is -2.11. The third-order valence-corrected chi connectivity index (χ3v) is 5.30. The standard InChI is InChI=1S/C18H15FN2O3S2/c1-2-24-16(22)9-11-10-25-18(20-11)21-17(23)15-8-7-14(26-15)12-5-3-4-6-13(12)19/h3-8,10H,2,9H2,1H3,(H,20,21,23). The van der Waals surface area contributed by atoms with Crippen LogP contribution < -0.4 is 5.32 Å². The van der Waals surface area contributed by atoms with E-state index in [1.54, 1.807) is 42.6 Å². The molecule has 1 aromatic carbocycles. The van der Waals surface area contributed by atoms with E-state index >= 15 is 0 Å². The fraction of sp³-hybridized carbons (Fsp3) is 0.167. The highest BCUT2D eigenvalue weighted by Gasteiger charge is 2.15. The highest BCUT2D eigenvalue weighted by atomic mass is 32.1. The number of hydrogen-bond donors (Lipinski definition) is 1. The third-order valence-electron chi connectivity index (χ3n) is 3.37. The number of carbonyl (C=O) groups is 2. The van der Waals surface area contributed by atoms with Crippen LogP contribution >= 0.6 is 22.7 Å². The lowest BCUT2D eigenvalue weighted by molar-refractivity contribution is -0.142. The minimum Gasteiger partial charge on any atom is -0.466 e. The Morgan fingerprint density at radius 1 is 1.23 bits per heavy atom. The Morgan fingerprint density at radius 3 is 2.81 bits per heavy atom. The van der Waals surface area contributed by atoms with Crippen LogP contribution in [0.15, 0.2) is 41.8 Å². The van der Waals surface area contributed by atoms with Crippen molar-refractivity contribution in [3.63, 3.8) is 0 Å². The summed E-state index contributed by atoms with van der Waals surface area (Å²) >= 11 is 2.43.